The number of halogens is 1. The quantitative estimate of drug-likeness (QED) is 0.895. The summed E-state index contributed by atoms with van der Waals surface area (Å²) in [5, 5.41) is 7.31. The van der Waals surface area contributed by atoms with Crippen molar-refractivity contribution in [3.8, 4) is 0 Å². The summed E-state index contributed by atoms with van der Waals surface area (Å²) in [6.07, 6.45) is 4.93. The summed E-state index contributed by atoms with van der Waals surface area (Å²) in [7, 11) is 1.81. The summed E-state index contributed by atoms with van der Waals surface area (Å²) in [6, 6.07) is 1.77. The smallest absolute Gasteiger partial charge is 0.146 e. The number of hydrogen-bond donors (Lipinski definition) is 1. The van der Waals surface area contributed by atoms with Gasteiger partial charge in [-0.1, -0.05) is 0 Å². The van der Waals surface area contributed by atoms with Gasteiger partial charge in [0.25, 0.3) is 0 Å². The lowest BCUT2D eigenvalue weighted by molar-refractivity contribution is 0.468. The predicted octanol–water partition coefficient (Wildman–Crippen LogP) is 1.90. The summed E-state index contributed by atoms with van der Waals surface area (Å²) in [6.45, 7) is 4.08. The van der Waals surface area contributed by atoms with Crippen molar-refractivity contribution in [2.75, 3.05) is 7.05 Å². The second-order valence-electron chi connectivity index (χ2n) is 4.66. The van der Waals surface area contributed by atoms with E-state index in [0.717, 1.165) is 5.82 Å². The van der Waals surface area contributed by atoms with Gasteiger partial charge in [-0.25, -0.2) is 14.1 Å². The number of likely N-dealkylation sites (N-methyl/N-ethyl adjacent to an activating group) is 1. The Kier molecular flexibility index (Phi) is 4.21. The first-order valence-corrected chi connectivity index (χ1v) is 6.28. The van der Waals surface area contributed by atoms with Crippen molar-refractivity contribution in [1.29, 1.82) is 0 Å². The van der Waals surface area contributed by atoms with Crippen molar-refractivity contribution in [2.24, 2.45) is 0 Å². The standard InChI is InChI=1S/C13H18FN5/c1-9(2)19-13(17-8-18-19)6-12(15-3)10-4-5-16-7-11(10)14/h4-5,7-9,12,15H,6H2,1-3H3. The van der Waals surface area contributed by atoms with Crippen molar-refractivity contribution >= 4 is 0 Å². The molecule has 0 aromatic carbocycles. The van der Waals surface area contributed by atoms with E-state index in [2.05, 4.69) is 20.4 Å². The normalized spacial score (nSPS) is 12.9. The van der Waals surface area contributed by atoms with Gasteiger partial charge in [-0.2, -0.15) is 5.10 Å². The van der Waals surface area contributed by atoms with Gasteiger partial charge in [0.15, 0.2) is 0 Å². The van der Waals surface area contributed by atoms with Gasteiger partial charge in [-0.3, -0.25) is 4.98 Å². The molecule has 0 radical (unpaired) electrons. The van der Waals surface area contributed by atoms with Crippen LogP contribution in [-0.2, 0) is 6.42 Å². The van der Waals surface area contributed by atoms with E-state index in [1.165, 1.54) is 12.5 Å². The molecule has 2 rings (SSSR count). The first-order valence-electron chi connectivity index (χ1n) is 6.28. The van der Waals surface area contributed by atoms with Gasteiger partial charge in [0.2, 0.25) is 0 Å². The molecule has 6 heteroatoms. The first-order chi connectivity index (χ1) is 9.13. The van der Waals surface area contributed by atoms with Crippen LogP contribution in [0.5, 0.6) is 0 Å². The van der Waals surface area contributed by atoms with Gasteiger partial charge in [-0.15, -0.1) is 0 Å². The molecule has 0 saturated heterocycles. The Balaban J connectivity index is 2.25. The zero-order valence-corrected chi connectivity index (χ0v) is 11.3. The van der Waals surface area contributed by atoms with E-state index in [1.807, 2.05) is 18.5 Å². The van der Waals surface area contributed by atoms with E-state index in [9.17, 15) is 4.39 Å². The van der Waals surface area contributed by atoms with Crippen LogP contribution in [0.1, 0.15) is 37.3 Å². The van der Waals surface area contributed by atoms with Crippen molar-refractivity contribution in [2.45, 2.75) is 32.4 Å². The summed E-state index contributed by atoms with van der Waals surface area (Å²) in [5.41, 5.74) is 0.593. The molecule has 1 atom stereocenters. The van der Waals surface area contributed by atoms with Gasteiger partial charge in [0, 0.05) is 30.3 Å². The van der Waals surface area contributed by atoms with Gasteiger partial charge < -0.3 is 5.32 Å². The lowest BCUT2D eigenvalue weighted by atomic mass is 10.0. The number of rotatable bonds is 5. The number of hydrogen-bond acceptors (Lipinski definition) is 4. The molecule has 1 unspecified atom stereocenters. The molecule has 2 heterocycles. The Labute approximate surface area is 111 Å². The van der Waals surface area contributed by atoms with Crippen LogP contribution >= 0.6 is 0 Å². The predicted molar refractivity (Wildman–Crippen MR) is 70.1 cm³/mol. The highest BCUT2D eigenvalue weighted by Gasteiger charge is 2.18. The SMILES string of the molecule is CNC(Cc1ncnn1C(C)C)c1ccncc1F. The third-order valence-corrected chi connectivity index (χ3v) is 3.05. The van der Waals surface area contributed by atoms with E-state index in [4.69, 9.17) is 0 Å². The van der Waals surface area contributed by atoms with Crippen molar-refractivity contribution in [3.05, 3.63) is 42.0 Å². The third-order valence-electron chi connectivity index (χ3n) is 3.05. The molecule has 1 N–H and O–H groups in total. The fourth-order valence-corrected chi connectivity index (χ4v) is 2.07. The van der Waals surface area contributed by atoms with Gasteiger partial charge in [0.1, 0.15) is 18.0 Å². The fourth-order valence-electron chi connectivity index (χ4n) is 2.07. The van der Waals surface area contributed by atoms with Crippen LogP contribution in [0.15, 0.2) is 24.8 Å². The zero-order chi connectivity index (χ0) is 13.8. The Morgan fingerprint density at radius 3 is 2.84 bits per heavy atom. The second-order valence-corrected chi connectivity index (χ2v) is 4.66. The Bertz CT molecular complexity index is 537. The highest BCUT2D eigenvalue weighted by Crippen LogP contribution is 2.20. The molecule has 0 amide bonds. The Hall–Kier alpha value is -1.82. The fraction of sp³-hybridized carbons (Fsp3) is 0.462. The molecule has 0 saturated carbocycles. The molecule has 0 spiro atoms. The zero-order valence-electron chi connectivity index (χ0n) is 11.3. The number of nitrogens with zero attached hydrogens (tertiary/aromatic N) is 4. The maximum absolute atomic E-state index is 13.8. The monoisotopic (exact) mass is 263 g/mol. The first kappa shape index (κ1) is 13.6. The molecule has 5 nitrogen and oxygen atoms in total. The van der Waals surface area contributed by atoms with E-state index in [0.29, 0.717) is 12.0 Å². The van der Waals surface area contributed by atoms with Crippen LogP contribution in [0.3, 0.4) is 0 Å². The summed E-state index contributed by atoms with van der Waals surface area (Å²) < 4.78 is 15.6. The van der Waals surface area contributed by atoms with Crippen LogP contribution < -0.4 is 5.32 Å². The van der Waals surface area contributed by atoms with Gasteiger partial charge >= 0.3 is 0 Å². The van der Waals surface area contributed by atoms with Gasteiger partial charge in [0.05, 0.1) is 6.20 Å². The van der Waals surface area contributed by atoms with Crippen molar-refractivity contribution in [1.82, 2.24) is 25.1 Å². The summed E-state index contributed by atoms with van der Waals surface area (Å²) >= 11 is 0. The van der Waals surface area contributed by atoms with Crippen LogP contribution in [0.4, 0.5) is 4.39 Å². The molecule has 0 aliphatic heterocycles. The molecular weight excluding hydrogens is 245 g/mol. The highest BCUT2D eigenvalue weighted by molar-refractivity contribution is 5.18. The lowest BCUT2D eigenvalue weighted by Gasteiger charge is -2.18. The summed E-state index contributed by atoms with van der Waals surface area (Å²) in [5.74, 6) is 0.531. The largest absolute Gasteiger partial charge is 0.313 e. The average molecular weight is 263 g/mol. The molecule has 0 aliphatic carbocycles. The minimum Gasteiger partial charge on any atom is -0.313 e. The highest BCUT2D eigenvalue weighted by atomic mass is 19.1. The van der Waals surface area contributed by atoms with Crippen LogP contribution in [0.25, 0.3) is 0 Å². The molecule has 2 aromatic heterocycles. The maximum atomic E-state index is 13.8. The molecule has 0 aliphatic rings. The minimum atomic E-state index is -0.308. The number of pyridine rings is 1. The lowest BCUT2D eigenvalue weighted by Crippen LogP contribution is -2.22. The molecule has 0 fully saturated rings. The van der Waals surface area contributed by atoms with E-state index >= 15 is 0 Å². The Morgan fingerprint density at radius 1 is 1.42 bits per heavy atom. The molecular formula is C13H18FN5. The van der Waals surface area contributed by atoms with Crippen LogP contribution in [0, 0.1) is 5.82 Å². The van der Waals surface area contributed by atoms with Gasteiger partial charge in [-0.05, 0) is 27.0 Å². The van der Waals surface area contributed by atoms with E-state index in [1.54, 1.807) is 19.3 Å². The minimum absolute atomic E-state index is 0.148. The molecule has 19 heavy (non-hydrogen) atoms. The van der Waals surface area contributed by atoms with E-state index in [-0.39, 0.29) is 17.9 Å². The van der Waals surface area contributed by atoms with Crippen LogP contribution in [0.2, 0.25) is 0 Å². The van der Waals surface area contributed by atoms with Crippen molar-refractivity contribution in [3.63, 3.8) is 0 Å². The van der Waals surface area contributed by atoms with Crippen molar-refractivity contribution < 1.29 is 4.39 Å². The topological polar surface area (TPSA) is 55.6 Å². The number of nitrogens with one attached hydrogen (secondary N) is 1. The maximum Gasteiger partial charge on any atom is 0.146 e. The summed E-state index contributed by atoms with van der Waals surface area (Å²) in [4.78, 5) is 8.02. The van der Waals surface area contributed by atoms with Crippen LogP contribution in [-0.4, -0.2) is 26.8 Å². The molecule has 0 bridgehead atoms. The third kappa shape index (κ3) is 2.96. The second kappa shape index (κ2) is 5.88. The Morgan fingerprint density at radius 2 is 2.21 bits per heavy atom. The molecule has 102 valence electrons. The average Bonchev–Trinajstić information content (AvgIpc) is 2.85. The van der Waals surface area contributed by atoms with E-state index < -0.39 is 0 Å². The number of aromatic nitrogens is 4. The molecule has 2 aromatic rings.